The van der Waals surface area contributed by atoms with E-state index in [1.165, 1.54) is 62.3 Å². The van der Waals surface area contributed by atoms with Crippen molar-refractivity contribution in [3.8, 4) is 0 Å². The summed E-state index contributed by atoms with van der Waals surface area (Å²) in [6, 6.07) is 0. The first kappa shape index (κ1) is 19.3. The van der Waals surface area contributed by atoms with Gasteiger partial charge in [0.25, 0.3) is 0 Å². The minimum atomic E-state index is -0.235. The molecular weight excluding hydrogens is 346 g/mol. The summed E-state index contributed by atoms with van der Waals surface area (Å²) < 4.78 is 1.59. The number of rotatable bonds is 7. The molecule has 1 aromatic rings. The van der Waals surface area contributed by atoms with E-state index in [9.17, 15) is 4.79 Å². The molecule has 0 aromatic carbocycles. The van der Waals surface area contributed by atoms with E-state index >= 15 is 0 Å². The predicted octanol–water partition coefficient (Wildman–Crippen LogP) is 3.53. The number of nitrogens with two attached hydrogens (primary N) is 1. The van der Waals surface area contributed by atoms with Crippen LogP contribution in [0.5, 0.6) is 0 Å². The number of nitrogens with one attached hydrogen (secondary N) is 1. The molecule has 1 unspecified atom stereocenters. The molecule has 0 bridgehead atoms. The van der Waals surface area contributed by atoms with Crippen LogP contribution >= 0.6 is 11.8 Å². The van der Waals surface area contributed by atoms with Crippen molar-refractivity contribution >= 4 is 17.7 Å². The van der Waals surface area contributed by atoms with Crippen LogP contribution in [-0.4, -0.2) is 32.6 Å². The van der Waals surface area contributed by atoms with E-state index in [4.69, 9.17) is 5.84 Å². The van der Waals surface area contributed by atoms with Gasteiger partial charge in [0.15, 0.2) is 5.82 Å². The third-order valence-corrected chi connectivity index (χ3v) is 6.50. The zero-order valence-corrected chi connectivity index (χ0v) is 16.6. The molecule has 0 aliphatic heterocycles. The average molecular weight is 378 g/mol. The summed E-state index contributed by atoms with van der Waals surface area (Å²) >= 11 is 1.39. The van der Waals surface area contributed by atoms with E-state index in [1.54, 1.807) is 4.68 Å². The normalized spacial score (nSPS) is 19.8. The van der Waals surface area contributed by atoms with Gasteiger partial charge in [-0.25, -0.2) is 4.68 Å². The molecule has 2 aliphatic carbocycles. The second-order valence-corrected chi connectivity index (χ2v) is 8.76. The molecule has 3 rings (SSSR count). The number of carbonyl (C=O) groups is 1. The fourth-order valence-electron chi connectivity index (χ4n) is 3.84. The Morgan fingerprint density at radius 3 is 2.85 bits per heavy atom. The number of amides is 1. The first-order chi connectivity index (χ1) is 12.6. The molecular formula is C19H31N5OS. The van der Waals surface area contributed by atoms with Gasteiger partial charge < -0.3 is 11.2 Å². The van der Waals surface area contributed by atoms with Gasteiger partial charge in [-0.1, -0.05) is 42.7 Å². The Labute approximate surface area is 160 Å². The first-order valence-electron chi connectivity index (χ1n) is 9.98. The zero-order chi connectivity index (χ0) is 18.4. The van der Waals surface area contributed by atoms with Crippen molar-refractivity contribution in [2.75, 3.05) is 12.4 Å². The summed E-state index contributed by atoms with van der Waals surface area (Å²) in [5.74, 6) is 7.52. The van der Waals surface area contributed by atoms with E-state index in [1.807, 2.05) is 6.92 Å². The molecule has 6 nitrogen and oxygen atoms in total. The molecule has 1 heterocycles. The SMILES string of the molecule is CC(Sc1nnc(C2CCCCC2)n1N)C(=O)NCCC1=CCCCC1. The summed E-state index contributed by atoms with van der Waals surface area (Å²) in [6.45, 7) is 2.60. The number of allylic oxidation sites excluding steroid dienone is 1. The van der Waals surface area contributed by atoms with Gasteiger partial charge in [-0.15, -0.1) is 10.2 Å². The highest BCUT2D eigenvalue weighted by atomic mass is 32.2. The van der Waals surface area contributed by atoms with Gasteiger partial charge >= 0.3 is 0 Å². The van der Waals surface area contributed by atoms with Crippen LogP contribution < -0.4 is 11.2 Å². The summed E-state index contributed by atoms with van der Waals surface area (Å²) in [5.41, 5.74) is 1.48. The van der Waals surface area contributed by atoms with Gasteiger partial charge in [0.05, 0.1) is 5.25 Å². The van der Waals surface area contributed by atoms with E-state index in [0.29, 0.717) is 17.6 Å². The van der Waals surface area contributed by atoms with Crippen molar-refractivity contribution in [2.24, 2.45) is 0 Å². The van der Waals surface area contributed by atoms with Gasteiger partial charge in [0.1, 0.15) is 0 Å². The molecule has 3 N–H and O–H groups in total. The third kappa shape index (κ3) is 5.02. The van der Waals surface area contributed by atoms with Gasteiger partial charge in [-0.3, -0.25) is 4.79 Å². The second-order valence-electron chi connectivity index (χ2n) is 7.45. The molecule has 0 radical (unpaired) electrons. The van der Waals surface area contributed by atoms with E-state index in [-0.39, 0.29) is 11.2 Å². The van der Waals surface area contributed by atoms with Crippen molar-refractivity contribution in [1.82, 2.24) is 20.2 Å². The summed E-state index contributed by atoms with van der Waals surface area (Å²) in [4.78, 5) is 12.4. The molecule has 26 heavy (non-hydrogen) atoms. The van der Waals surface area contributed by atoms with Gasteiger partial charge in [-0.05, 0) is 51.9 Å². The van der Waals surface area contributed by atoms with Crippen molar-refractivity contribution in [1.29, 1.82) is 0 Å². The van der Waals surface area contributed by atoms with Crippen LogP contribution in [0.3, 0.4) is 0 Å². The van der Waals surface area contributed by atoms with Crippen molar-refractivity contribution in [3.05, 3.63) is 17.5 Å². The van der Waals surface area contributed by atoms with Crippen LogP contribution in [0.2, 0.25) is 0 Å². The molecule has 1 amide bonds. The maximum atomic E-state index is 12.4. The molecule has 1 aromatic heterocycles. The molecule has 1 fully saturated rings. The maximum absolute atomic E-state index is 12.4. The average Bonchev–Trinajstić information content (AvgIpc) is 3.03. The topological polar surface area (TPSA) is 85.8 Å². The minimum absolute atomic E-state index is 0.0358. The minimum Gasteiger partial charge on any atom is -0.355 e. The maximum Gasteiger partial charge on any atom is 0.233 e. The number of hydrogen-bond acceptors (Lipinski definition) is 5. The number of nitrogen functional groups attached to an aromatic ring is 1. The second kappa shape index (κ2) is 9.44. The van der Waals surface area contributed by atoms with E-state index in [0.717, 1.165) is 25.1 Å². The number of thioether (sulfide) groups is 1. The molecule has 2 aliphatic rings. The summed E-state index contributed by atoms with van der Waals surface area (Å²) in [5, 5.41) is 12.0. The first-order valence-corrected chi connectivity index (χ1v) is 10.9. The van der Waals surface area contributed by atoms with Gasteiger partial charge in [-0.2, -0.15) is 0 Å². The third-order valence-electron chi connectivity index (χ3n) is 5.44. The highest BCUT2D eigenvalue weighted by molar-refractivity contribution is 8.00. The number of nitrogens with zero attached hydrogens (tertiary/aromatic N) is 3. The lowest BCUT2D eigenvalue weighted by Gasteiger charge is -2.20. The molecule has 144 valence electrons. The Morgan fingerprint density at radius 1 is 1.31 bits per heavy atom. The van der Waals surface area contributed by atoms with Crippen LogP contribution in [0.4, 0.5) is 0 Å². The Hall–Kier alpha value is -1.50. The van der Waals surface area contributed by atoms with Crippen molar-refractivity contribution < 1.29 is 4.79 Å². The van der Waals surface area contributed by atoms with Gasteiger partial charge in [0, 0.05) is 12.5 Å². The quantitative estimate of drug-likeness (QED) is 0.431. The fourth-order valence-corrected chi connectivity index (χ4v) is 4.64. The number of hydrogen-bond donors (Lipinski definition) is 2. The highest BCUT2D eigenvalue weighted by Crippen LogP contribution is 2.32. The van der Waals surface area contributed by atoms with Crippen LogP contribution in [0, 0.1) is 0 Å². The van der Waals surface area contributed by atoms with Crippen LogP contribution in [0.15, 0.2) is 16.8 Å². The lowest BCUT2D eigenvalue weighted by Crippen LogP contribution is -2.32. The smallest absolute Gasteiger partial charge is 0.233 e. The zero-order valence-electron chi connectivity index (χ0n) is 15.7. The van der Waals surface area contributed by atoms with Crippen LogP contribution in [0.25, 0.3) is 0 Å². The Balaban J connectivity index is 1.47. The van der Waals surface area contributed by atoms with E-state index in [2.05, 4.69) is 21.6 Å². The van der Waals surface area contributed by atoms with Crippen molar-refractivity contribution in [3.63, 3.8) is 0 Å². The lowest BCUT2D eigenvalue weighted by atomic mass is 9.89. The molecule has 7 heteroatoms. The Morgan fingerprint density at radius 2 is 2.12 bits per heavy atom. The summed E-state index contributed by atoms with van der Waals surface area (Å²) in [6.07, 6.45) is 14.3. The molecule has 1 saturated carbocycles. The molecule has 0 spiro atoms. The van der Waals surface area contributed by atoms with E-state index < -0.39 is 0 Å². The lowest BCUT2D eigenvalue weighted by molar-refractivity contribution is -0.120. The fraction of sp³-hybridized carbons (Fsp3) is 0.737. The number of aromatic nitrogens is 3. The Bertz CT molecular complexity index is 636. The predicted molar refractivity (Wildman–Crippen MR) is 105 cm³/mol. The van der Waals surface area contributed by atoms with Crippen molar-refractivity contribution in [2.45, 2.75) is 87.5 Å². The standard InChI is InChI=1S/C19H31N5OS/c1-14(18(25)21-13-12-15-8-4-2-5-9-15)26-19-23-22-17(24(19)20)16-10-6-3-7-11-16/h8,14,16H,2-7,9-13,20H2,1H3,(H,21,25). The molecule has 1 atom stereocenters. The Kier molecular flexibility index (Phi) is 7.00. The largest absolute Gasteiger partial charge is 0.355 e. The van der Waals surface area contributed by atoms with Crippen LogP contribution in [-0.2, 0) is 4.79 Å². The monoisotopic (exact) mass is 377 g/mol. The van der Waals surface area contributed by atoms with Crippen LogP contribution in [0.1, 0.15) is 82.9 Å². The number of carbonyl (C=O) groups excluding carboxylic acids is 1. The summed E-state index contributed by atoms with van der Waals surface area (Å²) in [7, 11) is 0. The van der Waals surface area contributed by atoms with Gasteiger partial charge in [0.2, 0.25) is 11.1 Å². The highest BCUT2D eigenvalue weighted by Gasteiger charge is 2.24. The molecule has 0 saturated heterocycles.